The number of carbonyl (C=O) groups is 1. The van der Waals surface area contributed by atoms with Crippen LogP contribution in [0.3, 0.4) is 0 Å². The number of aromatic nitrogens is 2. The third-order valence-corrected chi connectivity index (χ3v) is 5.23. The largest absolute Gasteiger partial charge is 0.444 e. The molecule has 0 saturated carbocycles. The number of carbonyl (C=O) groups excluding carboxylic acids is 1. The zero-order chi connectivity index (χ0) is 19.5. The number of amides is 1. The van der Waals surface area contributed by atoms with E-state index in [9.17, 15) is 9.90 Å². The van der Waals surface area contributed by atoms with Crippen molar-refractivity contribution < 1.29 is 14.6 Å². The summed E-state index contributed by atoms with van der Waals surface area (Å²) in [5.41, 5.74) is 1.03. The minimum Gasteiger partial charge on any atom is -0.444 e. The van der Waals surface area contributed by atoms with Gasteiger partial charge >= 0.3 is 6.09 Å². The minimum atomic E-state index is -0.502. The number of hydrogen-bond acceptors (Lipinski definition) is 6. The Labute approximate surface area is 164 Å². The van der Waals surface area contributed by atoms with E-state index in [0.717, 1.165) is 17.7 Å². The lowest BCUT2D eigenvalue weighted by molar-refractivity contribution is 0.0275. The number of halogens is 1. The number of thioether (sulfide) groups is 1. The third-order valence-electron chi connectivity index (χ3n) is 4.37. The van der Waals surface area contributed by atoms with Gasteiger partial charge in [-0.1, -0.05) is 30.3 Å². The van der Waals surface area contributed by atoms with E-state index in [0.29, 0.717) is 36.2 Å². The van der Waals surface area contributed by atoms with Crippen LogP contribution in [0, 0.1) is 5.41 Å². The van der Waals surface area contributed by atoms with Crippen molar-refractivity contribution in [3.05, 3.63) is 16.4 Å². The second-order valence-corrected chi connectivity index (χ2v) is 9.17. The van der Waals surface area contributed by atoms with Crippen LogP contribution >= 0.6 is 23.4 Å². The lowest BCUT2D eigenvalue weighted by Crippen LogP contribution is -2.37. The Bertz CT molecular complexity index is 666. The van der Waals surface area contributed by atoms with Crippen LogP contribution in [0.1, 0.15) is 45.4 Å². The molecule has 0 bridgehead atoms. The van der Waals surface area contributed by atoms with Crippen molar-refractivity contribution in [2.24, 2.45) is 5.41 Å². The van der Waals surface area contributed by atoms with Crippen molar-refractivity contribution >= 4 is 29.5 Å². The molecule has 0 aliphatic carbocycles. The van der Waals surface area contributed by atoms with E-state index in [1.807, 2.05) is 27.0 Å². The number of rotatable bonds is 5. The van der Waals surface area contributed by atoms with Crippen molar-refractivity contribution in [1.82, 2.24) is 14.9 Å². The molecule has 26 heavy (non-hydrogen) atoms. The lowest BCUT2D eigenvalue weighted by Gasteiger charge is -2.27. The molecule has 1 aromatic rings. The molecule has 1 atom stereocenters. The van der Waals surface area contributed by atoms with Gasteiger partial charge in [-0.15, -0.1) is 0 Å². The van der Waals surface area contributed by atoms with Crippen molar-refractivity contribution in [1.29, 1.82) is 0 Å². The van der Waals surface area contributed by atoms with Gasteiger partial charge in [0.2, 0.25) is 0 Å². The van der Waals surface area contributed by atoms with Crippen molar-refractivity contribution in [3.8, 4) is 0 Å². The van der Waals surface area contributed by atoms with Gasteiger partial charge in [-0.2, -0.15) is 0 Å². The summed E-state index contributed by atoms with van der Waals surface area (Å²) in [6.07, 6.45) is 3.60. The third kappa shape index (κ3) is 5.47. The summed E-state index contributed by atoms with van der Waals surface area (Å²) in [4.78, 5) is 23.0. The van der Waals surface area contributed by atoms with Crippen LogP contribution in [-0.2, 0) is 17.6 Å². The molecule has 2 heterocycles. The maximum Gasteiger partial charge on any atom is 0.410 e. The number of aliphatic hydroxyl groups is 1. The van der Waals surface area contributed by atoms with Gasteiger partial charge in [0.1, 0.15) is 10.8 Å². The number of aliphatic hydroxyl groups excluding tert-OH is 1. The van der Waals surface area contributed by atoms with E-state index >= 15 is 0 Å². The molecule has 2 rings (SSSR count). The highest BCUT2D eigenvalue weighted by Crippen LogP contribution is 2.36. The first kappa shape index (κ1) is 21.3. The molecule has 1 aliphatic heterocycles. The fourth-order valence-corrected chi connectivity index (χ4v) is 3.85. The molecule has 0 radical (unpaired) electrons. The smallest absolute Gasteiger partial charge is 0.410 e. The molecule has 146 valence electrons. The molecule has 0 spiro atoms. The summed E-state index contributed by atoms with van der Waals surface area (Å²) in [6, 6.07) is 0. The molecule has 6 nitrogen and oxygen atoms in total. The highest BCUT2D eigenvalue weighted by atomic mass is 35.5. The predicted molar refractivity (Wildman–Crippen MR) is 104 cm³/mol. The van der Waals surface area contributed by atoms with Crippen LogP contribution in [0.25, 0.3) is 0 Å². The fraction of sp³-hybridized carbons (Fsp3) is 0.722. The fourth-order valence-electron chi connectivity index (χ4n) is 3.13. The second kappa shape index (κ2) is 8.31. The van der Waals surface area contributed by atoms with Gasteiger partial charge in [-0.05, 0) is 45.3 Å². The molecule has 1 amide bonds. The van der Waals surface area contributed by atoms with Gasteiger partial charge in [0.25, 0.3) is 0 Å². The Morgan fingerprint density at radius 3 is 2.69 bits per heavy atom. The molecule has 1 aliphatic rings. The minimum absolute atomic E-state index is 0.00452. The number of nitrogens with zero attached hydrogens (tertiary/aromatic N) is 3. The topological polar surface area (TPSA) is 75.6 Å². The average Bonchev–Trinajstić information content (AvgIpc) is 2.91. The Kier molecular flexibility index (Phi) is 6.80. The van der Waals surface area contributed by atoms with Gasteiger partial charge < -0.3 is 14.7 Å². The Hall–Kier alpha value is -1.05. The van der Waals surface area contributed by atoms with Crippen LogP contribution in [0.15, 0.2) is 5.16 Å². The molecular formula is C18H28ClN3O3S. The lowest BCUT2D eigenvalue weighted by atomic mass is 9.83. The molecule has 1 aromatic heterocycles. The molecule has 1 fully saturated rings. The Morgan fingerprint density at radius 2 is 2.12 bits per heavy atom. The SMILES string of the molecule is CSc1nc(Cl)c(CCO)c(C[C@@]2(C)CCN(C(=O)OC(C)(C)C)C2)n1. The van der Waals surface area contributed by atoms with Crippen molar-refractivity contribution in [3.63, 3.8) is 0 Å². The molecule has 1 N–H and O–H groups in total. The second-order valence-electron chi connectivity index (χ2n) is 8.04. The van der Waals surface area contributed by atoms with Crippen LogP contribution in [0.4, 0.5) is 4.79 Å². The van der Waals surface area contributed by atoms with E-state index in [2.05, 4.69) is 16.9 Å². The summed E-state index contributed by atoms with van der Waals surface area (Å²) < 4.78 is 5.49. The first-order chi connectivity index (χ1) is 12.1. The first-order valence-electron chi connectivity index (χ1n) is 8.75. The van der Waals surface area contributed by atoms with Gasteiger partial charge in [-0.25, -0.2) is 14.8 Å². The monoisotopic (exact) mass is 401 g/mol. The van der Waals surface area contributed by atoms with Crippen molar-refractivity contribution in [2.45, 2.75) is 57.7 Å². The molecule has 0 aromatic carbocycles. The van der Waals surface area contributed by atoms with Gasteiger partial charge in [0.15, 0.2) is 5.16 Å². The maximum absolute atomic E-state index is 12.3. The summed E-state index contributed by atoms with van der Waals surface area (Å²) in [7, 11) is 0. The highest BCUT2D eigenvalue weighted by molar-refractivity contribution is 7.98. The molecular weight excluding hydrogens is 374 g/mol. The molecule has 0 unspecified atom stereocenters. The van der Waals surface area contributed by atoms with E-state index in [1.165, 1.54) is 11.8 Å². The van der Waals surface area contributed by atoms with Crippen LogP contribution in [-0.4, -0.2) is 57.6 Å². The first-order valence-corrected chi connectivity index (χ1v) is 10.4. The zero-order valence-corrected chi connectivity index (χ0v) is 17.7. The Morgan fingerprint density at radius 1 is 1.42 bits per heavy atom. The zero-order valence-electron chi connectivity index (χ0n) is 16.1. The van der Waals surface area contributed by atoms with Gasteiger partial charge in [0, 0.05) is 31.7 Å². The van der Waals surface area contributed by atoms with Crippen LogP contribution in [0.2, 0.25) is 5.15 Å². The normalized spacial score (nSPS) is 20.5. The van der Waals surface area contributed by atoms with E-state index in [4.69, 9.17) is 16.3 Å². The highest BCUT2D eigenvalue weighted by Gasteiger charge is 2.38. The number of hydrogen-bond donors (Lipinski definition) is 1. The van der Waals surface area contributed by atoms with Crippen molar-refractivity contribution in [2.75, 3.05) is 26.0 Å². The average molecular weight is 402 g/mol. The van der Waals surface area contributed by atoms with Gasteiger partial charge in [0.05, 0.1) is 5.69 Å². The number of likely N-dealkylation sites (tertiary alicyclic amines) is 1. The molecule has 1 saturated heterocycles. The molecule has 8 heteroatoms. The quantitative estimate of drug-likeness (QED) is 0.461. The predicted octanol–water partition coefficient (Wildman–Crippen LogP) is 3.58. The van der Waals surface area contributed by atoms with Crippen LogP contribution < -0.4 is 0 Å². The Balaban J connectivity index is 2.18. The summed E-state index contributed by atoms with van der Waals surface area (Å²) in [5, 5.41) is 10.4. The van der Waals surface area contributed by atoms with E-state index in [-0.39, 0.29) is 18.1 Å². The van der Waals surface area contributed by atoms with Crippen LogP contribution in [0.5, 0.6) is 0 Å². The maximum atomic E-state index is 12.3. The summed E-state index contributed by atoms with van der Waals surface area (Å²) in [5.74, 6) is 0. The van der Waals surface area contributed by atoms with E-state index < -0.39 is 5.60 Å². The summed E-state index contributed by atoms with van der Waals surface area (Å²) in [6.45, 7) is 9.02. The summed E-state index contributed by atoms with van der Waals surface area (Å²) >= 11 is 7.75. The van der Waals surface area contributed by atoms with Gasteiger partial charge in [-0.3, -0.25) is 0 Å². The standard InChI is InChI=1S/C18H28ClN3O3S/c1-17(2,3)25-16(24)22-8-7-18(4,11-22)10-13-12(6-9-23)14(19)21-15(20-13)26-5/h23H,6-11H2,1-5H3/t18-/m1/s1. The number of ether oxygens (including phenoxy) is 1. The van der Waals surface area contributed by atoms with E-state index in [1.54, 1.807) is 4.90 Å².